The lowest BCUT2D eigenvalue weighted by atomic mass is 9.97. The van der Waals surface area contributed by atoms with Crippen LogP contribution in [0.4, 0.5) is 0 Å². The van der Waals surface area contributed by atoms with Crippen LogP contribution in [0.1, 0.15) is 4.88 Å². The van der Waals surface area contributed by atoms with Crippen molar-refractivity contribution in [2.75, 3.05) is 13.2 Å². The molecule has 2 unspecified atom stereocenters. The second kappa shape index (κ2) is 7.03. The van der Waals surface area contributed by atoms with Gasteiger partial charge in [0.25, 0.3) is 0 Å². The Morgan fingerprint density at radius 1 is 1.35 bits per heavy atom. The quantitative estimate of drug-likeness (QED) is 0.694. The third-order valence-electron chi connectivity index (χ3n) is 4.38. The van der Waals surface area contributed by atoms with Crippen LogP contribution in [0.3, 0.4) is 0 Å². The number of carboxylic acid groups (broad SMARTS) is 1. The summed E-state index contributed by atoms with van der Waals surface area (Å²) in [5, 5.41) is 15.4. The average molecular weight is 396 g/mol. The van der Waals surface area contributed by atoms with E-state index in [2.05, 4.69) is 5.32 Å². The fourth-order valence-corrected chi connectivity index (χ4v) is 5.14. The molecular weight excluding hydrogens is 380 g/mol. The largest absolute Gasteiger partial charge is 0.479 e. The molecule has 3 aliphatic rings. The van der Waals surface area contributed by atoms with Crippen molar-refractivity contribution in [2.45, 2.75) is 30.2 Å². The Hall–Kier alpha value is -1.88. The van der Waals surface area contributed by atoms with Gasteiger partial charge in [-0.25, -0.2) is 4.79 Å². The summed E-state index contributed by atoms with van der Waals surface area (Å²) in [5.41, 5.74) is 0.410. The molecule has 0 bridgehead atoms. The van der Waals surface area contributed by atoms with Crippen LogP contribution in [-0.2, 0) is 30.3 Å². The molecule has 2 saturated heterocycles. The molecular formula is C16H16N2O6S2. The Morgan fingerprint density at radius 2 is 2.12 bits per heavy atom. The van der Waals surface area contributed by atoms with Gasteiger partial charge in [-0.15, -0.1) is 23.1 Å². The lowest BCUT2D eigenvalue weighted by molar-refractivity contribution is -0.161. The third kappa shape index (κ3) is 3.02. The summed E-state index contributed by atoms with van der Waals surface area (Å²) in [6.07, 6.45) is -0.545. The fraction of sp³-hybridized carbons (Fsp3) is 0.438. The minimum atomic E-state index is -1.14. The van der Waals surface area contributed by atoms with Gasteiger partial charge in [0.15, 0.2) is 12.3 Å². The van der Waals surface area contributed by atoms with E-state index in [1.54, 1.807) is 5.41 Å². The van der Waals surface area contributed by atoms with E-state index in [9.17, 15) is 19.5 Å². The van der Waals surface area contributed by atoms with Gasteiger partial charge in [0.05, 0.1) is 19.6 Å². The molecule has 8 nitrogen and oxygen atoms in total. The first-order valence-electron chi connectivity index (χ1n) is 8.01. The van der Waals surface area contributed by atoms with Crippen molar-refractivity contribution >= 4 is 40.9 Å². The van der Waals surface area contributed by atoms with Gasteiger partial charge in [-0.2, -0.15) is 0 Å². The molecule has 3 atom stereocenters. The van der Waals surface area contributed by atoms with Crippen LogP contribution in [0.25, 0.3) is 0 Å². The molecule has 138 valence electrons. The van der Waals surface area contributed by atoms with Crippen LogP contribution in [0.2, 0.25) is 0 Å². The third-order valence-corrected chi connectivity index (χ3v) is 6.44. The summed E-state index contributed by atoms with van der Waals surface area (Å²) in [4.78, 5) is 38.6. The summed E-state index contributed by atoms with van der Waals surface area (Å²) >= 11 is 2.77. The number of carboxylic acids is 1. The number of ether oxygens (including phenoxy) is 2. The van der Waals surface area contributed by atoms with Gasteiger partial charge >= 0.3 is 5.97 Å². The number of hydrogen-bond acceptors (Lipinski definition) is 7. The molecule has 1 aromatic rings. The van der Waals surface area contributed by atoms with Gasteiger partial charge in [0.1, 0.15) is 11.4 Å². The summed E-state index contributed by atoms with van der Waals surface area (Å²) in [5.74, 6) is -1.80. The number of thioether (sulfide) groups is 1. The topological polar surface area (TPSA) is 105 Å². The zero-order valence-corrected chi connectivity index (χ0v) is 15.1. The Kier molecular flexibility index (Phi) is 4.74. The van der Waals surface area contributed by atoms with Crippen molar-refractivity contribution in [1.29, 1.82) is 0 Å². The zero-order chi connectivity index (χ0) is 18.3. The Bertz CT molecular complexity index is 759. The summed E-state index contributed by atoms with van der Waals surface area (Å²) in [6.45, 7) is 0.773. The van der Waals surface area contributed by atoms with Crippen LogP contribution in [-0.4, -0.2) is 64.8 Å². The number of aliphatic carboxylic acids is 1. The second-order valence-electron chi connectivity index (χ2n) is 6.01. The highest BCUT2D eigenvalue weighted by molar-refractivity contribution is 8.03. The molecule has 10 heteroatoms. The van der Waals surface area contributed by atoms with Crippen molar-refractivity contribution in [2.24, 2.45) is 0 Å². The Labute approximate surface area is 157 Å². The minimum Gasteiger partial charge on any atom is -0.479 e. The fourth-order valence-electron chi connectivity index (χ4n) is 3.20. The number of thiophene rings is 1. The lowest BCUT2D eigenvalue weighted by Crippen LogP contribution is -2.74. The van der Waals surface area contributed by atoms with Gasteiger partial charge in [0.2, 0.25) is 11.8 Å². The number of fused-ring (bicyclic) bond motifs is 1. The lowest BCUT2D eigenvalue weighted by Gasteiger charge is -2.51. The molecule has 3 aliphatic heterocycles. The maximum Gasteiger partial charge on any atom is 0.331 e. The number of β-lactam (4-membered cyclic amide) rings is 1. The molecule has 4 rings (SSSR count). The molecule has 2 N–H and O–H groups in total. The Balaban J connectivity index is 1.47. The molecule has 26 heavy (non-hydrogen) atoms. The van der Waals surface area contributed by atoms with Crippen LogP contribution < -0.4 is 5.32 Å². The first-order valence-corrected chi connectivity index (χ1v) is 9.84. The predicted octanol–water partition coefficient (Wildman–Crippen LogP) is 0.401. The number of amides is 2. The Morgan fingerprint density at radius 3 is 2.77 bits per heavy atom. The number of carbonyl (C=O) groups excluding carboxylic acids is 2. The van der Waals surface area contributed by atoms with Gasteiger partial charge < -0.3 is 24.8 Å². The highest BCUT2D eigenvalue weighted by Crippen LogP contribution is 2.42. The molecule has 1 aromatic heterocycles. The standard InChI is InChI=1S/C16H16N2O6S2/c19-10(6-8-2-1-5-25-8)17-11-13(20)18-12(15(21)22)9(7-26-14(11)18)16-23-3-4-24-16/h1-2,5,7,11-12,14,16H,3-4,6H2,(H,17,19)(H,21,22)/t11?,12?,14-/m1/s1. The molecule has 2 amide bonds. The van der Waals surface area contributed by atoms with Crippen LogP contribution in [0.15, 0.2) is 28.5 Å². The molecule has 0 spiro atoms. The SMILES string of the molecule is O=C(Cc1cccs1)NC1C(=O)N2C(C(=O)O)C(C3OCCO3)=CS[C@H]12. The summed E-state index contributed by atoms with van der Waals surface area (Å²) < 4.78 is 10.8. The highest BCUT2D eigenvalue weighted by Gasteiger charge is 2.57. The van der Waals surface area contributed by atoms with Gasteiger partial charge in [-0.1, -0.05) is 6.07 Å². The van der Waals surface area contributed by atoms with Crippen LogP contribution in [0, 0.1) is 0 Å². The van der Waals surface area contributed by atoms with Gasteiger partial charge in [0, 0.05) is 10.5 Å². The van der Waals surface area contributed by atoms with Gasteiger partial charge in [-0.05, 0) is 16.9 Å². The van der Waals surface area contributed by atoms with E-state index < -0.39 is 35.6 Å². The number of nitrogens with one attached hydrogen (secondary N) is 1. The van der Waals surface area contributed by atoms with E-state index in [-0.39, 0.29) is 12.3 Å². The average Bonchev–Trinajstić information content (AvgIpc) is 3.32. The molecule has 0 saturated carbocycles. The van der Waals surface area contributed by atoms with E-state index in [0.29, 0.717) is 18.8 Å². The highest BCUT2D eigenvalue weighted by atomic mass is 32.2. The minimum absolute atomic E-state index is 0.200. The number of nitrogens with zero attached hydrogens (tertiary/aromatic N) is 1. The van der Waals surface area contributed by atoms with E-state index >= 15 is 0 Å². The first-order chi connectivity index (χ1) is 12.6. The van der Waals surface area contributed by atoms with Crippen molar-refractivity contribution in [1.82, 2.24) is 10.2 Å². The maximum absolute atomic E-state index is 12.5. The van der Waals surface area contributed by atoms with Crippen molar-refractivity contribution in [3.8, 4) is 0 Å². The molecule has 2 fully saturated rings. The monoisotopic (exact) mass is 396 g/mol. The maximum atomic E-state index is 12.5. The summed E-state index contributed by atoms with van der Waals surface area (Å²) in [7, 11) is 0. The smallest absolute Gasteiger partial charge is 0.331 e. The van der Waals surface area contributed by atoms with E-state index in [1.165, 1.54) is 28.0 Å². The van der Waals surface area contributed by atoms with Crippen molar-refractivity contribution < 1.29 is 29.0 Å². The molecule has 0 aliphatic carbocycles. The van der Waals surface area contributed by atoms with Crippen LogP contribution in [0.5, 0.6) is 0 Å². The predicted molar refractivity (Wildman–Crippen MR) is 93.4 cm³/mol. The van der Waals surface area contributed by atoms with E-state index in [1.807, 2.05) is 17.5 Å². The zero-order valence-electron chi connectivity index (χ0n) is 13.5. The number of rotatable bonds is 5. The van der Waals surface area contributed by atoms with Crippen LogP contribution >= 0.6 is 23.1 Å². The molecule has 4 heterocycles. The first kappa shape index (κ1) is 17.5. The number of hydrogen-bond donors (Lipinski definition) is 2. The van der Waals surface area contributed by atoms with Gasteiger partial charge in [-0.3, -0.25) is 9.59 Å². The number of carbonyl (C=O) groups is 3. The molecule has 0 radical (unpaired) electrons. The van der Waals surface area contributed by atoms with Crippen molar-refractivity contribution in [3.63, 3.8) is 0 Å². The molecule has 0 aromatic carbocycles. The van der Waals surface area contributed by atoms with Crippen molar-refractivity contribution in [3.05, 3.63) is 33.4 Å². The second-order valence-corrected chi connectivity index (χ2v) is 8.03. The van der Waals surface area contributed by atoms with E-state index in [4.69, 9.17) is 9.47 Å². The van der Waals surface area contributed by atoms with E-state index in [0.717, 1.165) is 4.88 Å². The summed E-state index contributed by atoms with van der Waals surface area (Å²) in [6, 6.07) is 1.85. The normalized spacial score (nSPS) is 28.3.